The molecule has 0 aliphatic rings. The second-order valence-electron chi connectivity index (χ2n) is 3.89. The van der Waals surface area contributed by atoms with E-state index in [0.717, 1.165) is 6.21 Å². The van der Waals surface area contributed by atoms with Crippen LogP contribution in [0.2, 0.25) is 10.0 Å². The average molecular weight is 301 g/mol. The van der Waals surface area contributed by atoms with Crippen molar-refractivity contribution < 1.29 is 10.3 Å². The Morgan fingerprint density at radius 3 is 2.79 bits per heavy atom. The van der Waals surface area contributed by atoms with Crippen molar-refractivity contribution in [2.75, 3.05) is 0 Å². The van der Waals surface area contributed by atoms with Crippen LogP contribution in [0.15, 0.2) is 36.0 Å². The lowest BCUT2D eigenvalue weighted by atomic mass is 9.95. The number of oxime groups is 1. The third kappa shape index (κ3) is 3.04. The number of aromatic nitrogens is 3. The van der Waals surface area contributed by atoms with Gasteiger partial charge < -0.3 is 10.3 Å². The zero-order valence-electron chi connectivity index (χ0n) is 9.61. The summed E-state index contributed by atoms with van der Waals surface area (Å²) in [6, 6.07) is 4.64. The first kappa shape index (κ1) is 13.8. The van der Waals surface area contributed by atoms with Crippen molar-refractivity contribution in [3.63, 3.8) is 0 Å². The molecule has 0 aliphatic carbocycles. The van der Waals surface area contributed by atoms with E-state index in [1.807, 2.05) is 0 Å². The highest BCUT2D eigenvalue weighted by atomic mass is 35.5. The molecule has 0 spiro atoms. The first-order chi connectivity index (χ1) is 9.05. The summed E-state index contributed by atoms with van der Waals surface area (Å²) in [7, 11) is 0. The largest absolute Gasteiger partial charge is 0.411 e. The number of aliphatic hydroxyl groups is 1. The third-order valence-electron chi connectivity index (χ3n) is 2.54. The topological polar surface area (TPSA) is 83.5 Å². The number of halogens is 2. The molecule has 6 nitrogen and oxygen atoms in total. The van der Waals surface area contributed by atoms with Crippen LogP contribution in [0.3, 0.4) is 0 Å². The quantitative estimate of drug-likeness (QED) is 0.513. The van der Waals surface area contributed by atoms with E-state index in [9.17, 15) is 5.11 Å². The molecule has 8 heteroatoms. The van der Waals surface area contributed by atoms with Gasteiger partial charge in [-0.3, -0.25) is 0 Å². The van der Waals surface area contributed by atoms with Gasteiger partial charge >= 0.3 is 0 Å². The van der Waals surface area contributed by atoms with Crippen LogP contribution in [0, 0.1) is 0 Å². The molecular weight excluding hydrogens is 291 g/mol. The van der Waals surface area contributed by atoms with E-state index in [2.05, 4.69) is 15.2 Å². The molecule has 100 valence electrons. The second kappa shape index (κ2) is 5.56. The van der Waals surface area contributed by atoms with E-state index < -0.39 is 5.60 Å². The third-order valence-corrected chi connectivity index (χ3v) is 3.09. The Bertz CT molecular complexity index is 588. The lowest BCUT2D eigenvalue weighted by molar-refractivity contribution is 0.0884. The van der Waals surface area contributed by atoms with Crippen molar-refractivity contribution in [1.29, 1.82) is 0 Å². The number of hydrogen-bond donors (Lipinski definition) is 2. The number of benzene rings is 1. The number of hydrogen-bond acceptors (Lipinski definition) is 5. The Morgan fingerprint density at radius 2 is 2.21 bits per heavy atom. The molecule has 1 atom stereocenters. The summed E-state index contributed by atoms with van der Waals surface area (Å²) >= 11 is 11.9. The van der Waals surface area contributed by atoms with E-state index in [-0.39, 0.29) is 11.6 Å². The van der Waals surface area contributed by atoms with Gasteiger partial charge in [-0.25, -0.2) is 9.67 Å². The SMILES string of the molecule is ON=CC(O)(Cn1cncn1)c1ccc(Cl)cc1Cl. The molecule has 0 bridgehead atoms. The molecule has 0 saturated heterocycles. The summed E-state index contributed by atoms with van der Waals surface area (Å²) in [6.45, 7) is -0.00158. The normalized spacial score (nSPS) is 14.7. The second-order valence-corrected chi connectivity index (χ2v) is 4.73. The van der Waals surface area contributed by atoms with Crippen LogP contribution in [-0.4, -0.2) is 31.3 Å². The van der Waals surface area contributed by atoms with Crippen LogP contribution in [-0.2, 0) is 12.1 Å². The Labute approximate surface area is 118 Å². The van der Waals surface area contributed by atoms with Gasteiger partial charge in [0.05, 0.1) is 12.8 Å². The van der Waals surface area contributed by atoms with Gasteiger partial charge in [-0.15, -0.1) is 0 Å². The number of nitrogens with zero attached hydrogens (tertiary/aromatic N) is 4. The summed E-state index contributed by atoms with van der Waals surface area (Å²) in [6.07, 6.45) is 3.74. The minimum atomic E-state index is -1.62. The maximum absolute atomic E-state index is 10.6. The standard InChI is InChI=1S/C11H10Cl2N4O2/c12-8-1-2-9(10(13)3-8)11(18,4-16-19)5-17-7-14-6-15-17/h1-4,6-7,18-19H,5H2. The van der Waals surface area contributed by atoms with Gasteiger partial charge in [0.1, 0.15) is 18.3 Å². The predicted octanol–water partition coefficient (Wildman–Crippen LogP) is 1.93. The molecule has 0 saturated carbocycles. The Hall–Kier alpha value is -1.63. The zero-order valence-corrected chi connectivity index (χ0v) is 11.1. The van der Waals surface area contributed by atoms with Gasteiger partial charge in [-0.1, -0.05) is 34.4 Å². The average Bonchev–Trinajstić information content (AvgIpc) is 2.81. The molecule has 2 rings (SSSR count). The molecule has 0 fully saturated rings. The van der Waals surface area contributed by atoms with Crippen LogP contribution in [0.25, 0.3) is 0 Å². The van der Waals surface area contributed by atoms with E-state index in [1.54, 1.807) is 12.1 Å². The van der Waals surface area contributed by atoms with Crippen LogP contribution in [0.4, 0.5) is 0 Å². The van der Waals surface area contributed by atoms with Gasteiger partial charge in [0.2, 0.25) is 0 Å². The molecule has 19 heavy (non-hydrogen) atoms. The number of rotatable bonds is 4. The Balaban J connectivity index is 2.43. The first-order valence-electron chi connectivity index (χ1n) is 5.24. The van der Waals surface area contributed by atoms with Crippen molar-refractivity contribution in [1.82, 2.24) is 14.8 Å². The van der Waals surface area contributed by atoms with Crippen molar-refractivity contribution in [3.8, 4) is 0 Å². The van der Waals surface area contributed by atoms with E-state index in [1.165, 1.54) is 23.4 Å². The van der Waals surface area contributed by atoms with Crippen molar-refractivity contribution in [2.24, 2.45) is 5.16 Å². The van der Waals surface area contributed by atoms with E-state index in [0.29, 0.717) is 10.6 Å². The first-order valence-corrected chi connectivity index (χ1v) is 5.99. The fourth-order valence-electron chi connectivity index (χ4n) is 1.69. The monoisotopic (exact) mass is 300 g/mol. The molecule has 0 radical (unpaired) electrons. The molecule has 1 aromatic carbocycles. The highest BCUT2D eigenvalue weighted by Gasteiger charge is 2.31. The molecule has 1 heterocycles. The lowest BCUT2D eigenvalue weighted by Crippen LogP contribution is -2.34. The highest BCUT2D eigenvalue weighted by molar-refractivity contribution is 6.35. The maximum Gasteiger partial charge on any atom is 0.149 e. The van der Waals surface area contributed by atoms with Crippen molar-refractivity contribution in [2.45, 2.75) is 12.1 Å². The summed E-state index contributed by atoms with van der Waals surface area (Å²) in [5, 5.41) is 26.8. The van der Waals surface area contributed by atoms with Gasteiger partial charge in [0.15, 0.2) is 0 Å². The van der Waals surface area contributed by atoms with Crippen LogP contribution < -0.4 is 0 Å². The fraction of sp³-hybridized carbons (Fsp3) is 0.182. The predicted molar refractivity (Wildman–Crippen MR) is 70.7 cm³/mol. The van der Waals surface area contributed by atoms with Gasteiger partial charge in [-0.05, 0) is 12.1 Å². The van der Waals surface area contributed by atoms with Gasteiger partial charge in [0.25, 0.3) is 0 Å². The summed E-state index contributed by atoms with van der Waals surface area (Å²) in [4.78, 5) is 3.78. The van der Waals surface area contributed by atoms with Gasteiger partial charge in [-0.2, -0.15) is 5.10 Å². The van der Waals surface area contributed by atoms with Crippen molar-refractivity contribution in [3.05, 3.63) is 46.5 Å². The zero-order chi connectivity index (χ0) is 13.9. The molecule has 0 amide bonds. The molecule has 1 aromatic heterocycles. The van der Waals surface area contributed by atoms with Crippen LogP contribution in [0.1, 0.15) is 5.56 Å². The summed E-state index contributed by atoms with van der Waals surface area (Å²) in [5.74, 6) is 0. The van der Waals surface area contributed by atoms with Crippen LogP contribution in [0.5, 0.6) is 0 Å². The maximum atomic E-state index is 10.6. The van der Waals surface area contributed by atoms with Crippen molar-refractivity contribution >= 4 is 29.4 Å². The highest BCUT2D eigenvalue weighted by Crippen LogP contribution is 2.30. The smallest absolute Gasteiger partial charge is 0.149 e. The molecule has 0 aliphatic heterocycles. The Morgan fingerprint density at radius 1 is 1.42 bits per heavy atom. The van der Waals surface area contributed by atoms with E-state index >= 15 is 0 Å². The minimum absolute atomic E-state index is 0.00158. The molecule has 1 unspecified atom stereocenters. The van der Waals surface area contributed by atoms with Gasteiger partial charge in [0, 0.05) is 15.6 Å². The lowest BCUT2D eigenvalue weighted by Gasteiger charge is -2.24. The molecular formula is C11H10Cl2N4O2. The molecule has 2 aromatic rings. The Kier molecular flexibility index (Phi) is 4.04. The summed E-state index contributed by atoms with van der Waals surface area (Å²) < 4.78 is 1.40. The summed E-state index contributed by atoms with van der Waals surface area (Å²) in [5.41, 5.74) is -1.27. The van der Waals surface area contributed by atoms with E-state index in [4.69, 9.17) is 28.4 Å². The minimum Gasteiger partial charge on any atom is -0.411 e. The molecule has 2 N–H and O–H groups in total. The fourth-order valence-corrected chi connectivity index (χ4v) is 2.27. The van der Waals surface area contributed by atoms with Crippen LogP contribution >= 0.6 is 23.2 Å².